The summed E-state index contributed by atoms with van der Waals surface area (Å²) in [7, 11) is 0. The van der Waals surface area contributed by atoms with Crippen LogP contribution in [0.1, 0.15) is 5.56 Å². The third-order valence-electron chi connectivity index (χ3n) is 2.67. The first-order chi connectivity index (χ1) is 9.72. The fourth-order valence-electron chi connectivity index (χ4n) is 1.70. The predicted octanol–water partition coefficient (Wildman–Crippen LogP) is 2.36. The van der Waals surface area contributed by atoms with Gasteiger partial charge in [-0.1, -0.05) is 18.2 Å². The Morgan fingerprint density at radius 1 is 1.25 bits per heavy atom. The molecule has 0 atom stereocenters. The number of rotatable bonds is 4. The number of nitrogens with zero attached hydrogens (tertiary/aromatic N) is 5. The highest BCUT2D eigenvalue weighted by Crippen LogP contribution is 2.19. The van der Waals surface area contributed by atoms with Gasteiger partial charge in [0, 0.05) is 12.1 Å². The molecule has 0 radical (unpaired) electrons. The van der Waals surface area contributed by atoms with Crippen LogP contribution in [0.15, 0.2) is 41.8 Å². The highest BCUT2D eigenvalue weighted by Gasteiger charge is 2.08. The number of nitro groups is 1. The lowest BCUT2D eigenvalue weighted by Gasteiger charge is -1.98. The molecular weight excluding hydrogens is 278 g/mol. The van der Waals surface area contributed by atoms with Crippen LogP contribution in [0.5, 0.6) is 0 Å². The molecule has 0 saturated carbocycles. The molecule has 20 heavy (non-hydrogen) atoms. The van der Waals surface area contributed by atoms with Crippen LogP contribution in [-0.4, -0.2) is 25.1 Å². The summed E-state index contributed by atoms with van der Waals surface area (Å²) in [5.41, 5.74) is 0.949. The average Bonchev–Trinajstić information content (AvgIpc) is 3.09. The van der Waals surface area contributed by atoms with Crippen LogP contribution in [0, 0.1) is 10.1 Å². The van der Waals surface area contributed by atoms with E-state index in [1.807, 2.05) is 17.5 Å². The van der Waals surface area contributed by atoms with Gasteiger partial charge in [-0.05, 0) is 22.2 Å². The van der Waals surface area contributed by atoms with Crippen molar-refractivity contribution in [2.75, 3.05) is 0 Å². The lowest BCUT2D eigenvalue weighted by atomic mass is 10.2. The first kappa shape index (κ1) is 12.4. The molecule has 2 aromatic heterocycles. The quantitative estimate of drug-likeness (QED) is 0.543. The summed E-state index contributed by atoms with van der Waals surface area (Å²) in [5.74, 6) is 0.585. The Balaban J connectivity index is 1.76. The van der Waals surface area contributed by atoms with Crippen molar-refractivity contribution in [1.29, 1.82) is 0 Å². The van der Waals surface area contributed by atoms with Crippen molar-refractivity contribution >= 4 is 17.0 Å². The summed E-state index contributed by atoms with van der Waals surface area (Å²) in [5, 5.41) is 24.8. The zero-order valence-corrected chi connectivity index (χ0v) is 11.0. The summed E-state index contributed by atoms with van der Waals surface area (Å²) < 4.78 is 0. The van der Waals surface area contributed by atoms with Crippen molar-refractivity contribution in [1.82, 2.24) is 20.2 Å². The van der Waals surface area contributed by atoms with Gasteiger partial charge in [-0.3, -0.25) is 10.1 Å². The Labute approximate surface area is 117 Å². The Bertz CT molecular complexity index is 721. The fourth-order valence-corrected chi connectivity index (χ4v) is 2.35. The Morgan fingerprint density at radius 3 is 2.70 bits per heavy atom. The van der Waals surface area contributed by atoms with E-state index in [1.54, 1.807) is 23.5 Å². The van der Waals surface area contributed by atoms with Crippen molar-refractivity contribution in [3.05, 3.63) is 57.5 Å². The normalized spacial score (nSPS) is 10.6. The van der Waals surface area contributed by atoms with Crippen LogP contribution in [0.25, 0.3) is 10.7 Å². The van der Waals surface area contributed by atoms with Gasteiger partial charge in [-0.25, -0.2) is 0 Å². The second-order valence-electron chi connectivity index (χ2n) is 4.04. The van der Waals surface area contributed by atoms with Gasteiger partial charge < -0.3 is 0 Å². The molecular formula is C12H9N5O2S. The first-order valence-corrected chi connectivity index (χ1v) is 6.65. The van der Waals surface area contributed by atoms with E-state index in [0.29, 0.717) is 12.4 Å². The molecule has 0 amide bonds. The van der Waals surface area contributed by atoms with Gasteiger partial charge in [-0.15, -0.1) is 21.5 Å². The SMILES string of the molecule is O=[N+]([O-])c1ccc(Cn2nnc(-c3cccs3)n2)cc1. The van der Waals surface area contributed by atoms with Gasteiger partial charge in [0.15, 0.2) is 0 Å². The largest absolute Gasteiger partial charge is 0.269 e. The van der Waals surface area contributed by atoms with E-state index in [9.17, 15) is 10.1 Å². The van der Waals surface area contributed by atoms with E-state index in [-0.39, 0.29) is 5.69 Å². The average molecular weight is 287 g/mol. The number of benzene rings is 1. The van der Waals surface area contributed by atoms with Gasteiger partial charge in [0.1, 0.15) is 0 Å². The smallest absolute Gasteiger partial charge is 0.258 e. The molecule has 0 unspecified atom stereocenters. The third kappa shape index (κ3) is 2.54. The molecule has 0 aliphatic heterocycles. The highest BCUT2D eigenvalue weighted by atomic mass is 32.1. The van der Waals surface area contributed by atoms with Crippen molar-refractivity contribution in [3.63, 3.8) is 0 Å². The Morgan fingerprint density at radius 2 is 2.05 bits per heavy atom. The standard InChI is InChI=1S/C12H9N5O2S/c18-17(19)10-5-3-9(4-6-10)8-16-14-12(13-15-16)11-2-1-7-20-11/h1-7H,8H2. The highest BCUT2D eigenvalue weighted by molar-refractivity contribution is 7.13. The molecule has 0 spiro atoms. The zero-order valence-electron chi connectivity index (χ0n) is 10.2. The predicted molar refractivity (Wildman–Crippen MR) is 73.3 cm³/mol. The van der Waals surface area contributed by atoms with Gasteiger partial charge in [0.05, 0.1) is 16.3 Å². The minimum atomic E-state index is -0.424. The topological polar surface area (TPSA) is 86.7 Å². The molecule has 0 saturated heterocycles. The maximum atomic E-state index is 10.6. The molecule has 1 aromatic carbocycles. The first-order valence-electron chi connectivity index (χ1n) is 5.77. The molecule has 0 aliphatic rings. The number of non-ortho nitro benzene ring substituents is 1. The number of tetrazole rings is 1. The number of thiophene rings is 1. The lowest BCUT2D eigenvalue weighted by Crippen LogP contribution is -2.04. The van der Waals surface area contributed by atoms with Crippen LogP contribution >= 0.6 is 11.3 Å². The summed E-state index contributed by atoms with van der Waals surface area (Å²) in [6, 6.07) is 10.2. The summed E-state index contributed by atoms with van der Waals surface area (Å²) in [6.07, 6.45) is 0. The molecule has 0 fully saturated rings. The molecule has 7 nitrogen and oxygen atoms in total. The van der Waals surface area contributed by atoms with Gasteiger partial charge in [0.2, 0.25) is 5.82 Å². The van der Waals surface area contributed by atoms with E-state index in [1.165, 1.54) is 16.9 Å². The van der Waals surface area contributed by atoms with Crippen molar-refractivity contribution < 1.29 is 4.92 Å². The van der Waals surface area contributed by atoms with Crippen LogP contribution in [0.2, 0.25) is 0 Å². The van der Waals surface area contributed by atoms with E-state index in [0.717, 1.165) is 10.4 Å². The molecule has 100 valence electrons. The number of aromatic nitrogens is 4. The van der Waals surface area contributed by atoms with E-state index in [4.69, 9.17) is 0 Å². The molecule has 0 bridgehead atoms. The monoisotopic (exact) mass is 287 g/mol. The second kappa shape index (κ2) is 5.17. The van der Waals surface area contributed by atoms with Crippen LogP contribution in [-0.2, 0) is 6.54 Å². The Hall–Kier alpha value is -2.61. The minimum Gasteiger partial charge on any atom is -0.258 e. The van der Waals surface area contributed by atoms with Gasteiger partial charge >= 0.3 is 0 Å². The summed E-state index contributed by atoms with van der Waals surface area (Å²) >= 11 is 1.55. The van der Waals surface area contributed by atoms with Crippen molar-refractivity contribution in [2.45, 2.75) is 6.54 Å². The molecule has 8 heteroatoms. The minimum absolute atomic E-state index is 0.0691. The van der Waals surface area contributed by atoms with Crippen LogP contribution < -0.4 is 0 Å². The fraction of sp³-hybridized carbons (Fsp3) is 0.0833. The second-order valence-corrected chi connectivity index (χ2v) is 4.99. The zero-order chi connectivity index (χ0) is 13.9. The van der Waals surface area contributed by atoms with E-state index < -0.39 is 4.92 Å². The maximum absolute atomic E-state index is 10.6. The maximum Gasteiger partial charge on any atom is 0.269 e. The molecule has 0 N–H and O–H groups in total. The lowest BCUT2D eigenvalue weighted by molar-refractivity contribution is -0.384. The third-order valence-corrected chi connectivity index (χ3v) is 3.53. The summed E-state index contributed by atoms with van der Waals surface area (Å²) in [4.78, 5) is 12.6. The van der Waals surface area contributed by atoms with Crippen molar-refractivity contribution in [3.8, 4) is 10.7 Å². The summed E-state index contributed by atoms with van der Waals surface area (Å²) in [6.45, 7) is 0.427. The van der Waals surface area contributed by atoms with Gasteiger partial charge in [0.25, 0.3) is 5.69 Å². The molecule has 0 aliphatic carbocycles. The van der Waals surface area contributed by atoms with Crippen LogP contribution in [0.4, 0.5) is 5.69 Å². The molecule has 3 rings (SSSR count). The van der Waals surface area contributed by atoms with Gasteiger partial charge in [-0.2, -0.15) is 4.80 Å². The number of hydrogen-bond donors (Lipinski definition) is 0. The van der Waals surface area contributed by atoms with Crippen molar-refractivity contribution in [2.24, 2.45) is 0 Å². The molecule has 2 heterocycles. The number of nitro benzene ring substituents is 1. The van der Waals surface area contributed by atoms with E-state index >= 15 is 0 Å². The van der Waals surface area contributed by atoms with Crippen LogP contribution in [0.3, 0.4) is 0 Å². The number of hydrogen-bond acceptors (Lipinski definition) is 6. The van der Waals surface area contributed by atoms with E-state index in [2.05, 4.69) is 15.4 Å². The Kier molecular flexibility index (Phi) is 3.21. The molecule has 3 aromatic rings.